The molecule has 1 aromatic heterocycles. The van der Waals surface area contributed by atoms with Crippen molar-refractivity contribution in [3.63, 3.8) is 0 Å². The highest BCUT2D eigenvalue weighted by Crippen LogP contribution is 2.54. The highest BCUT2D eigenvalue weighted by atomic mass is 16.3. The first-order chi connectivity index (χ1) is 22.3. The zero-order valence-electron chi connectivity index (χ0n) is 24.3. The molecule has 10 rings (SSSR count). The van der Waals surface area contributed by atoms with E-state index in [0.717, 1.165) is 55.6 Å². The standard InChI is InChI=1S/C42H26N2O/c1-2-10-25(11-3-1)26-20-22-28(23-21-26)40-30-15-4-6-18-35(30)43-42(44-40)34-24-33-29-14-5-7-19-36(29)45-41(33)39-32-17-9-13-27-12-8-16-31(37(27)32)38(34)39/h1-24,42-43H. The first-order valence-corrected chi connectivity index (χ1v) is 15.4. The van der Waals surface area contributed by atoms with Gasteiger partial charge in [0.15, 0.2) is 0 Å². The van der Waals surface area contributed by atoms with Crippen molar-refractivity contribution >= 4 is 44.1 Å². The van der Waals surface area contributed by atoms with Crippen LogP contribution in [0, 0.1) is 0 Å². The number of rotatable bonds is 3. The van der Waals surface area contributed by atoms with Crippen LogP contribution in [0.1, 0.15) is 22.9 Å². The molecule has 2 heterocycles. The Hall–Kier alpha value is -5.93. The largest absolute Gasteiger partial charge is 0.455 e. The van der Waals surface area contributed by atoms with Crippen LogP contribution in [-0.4, -0.2) is 5.71 Å². The predicted octanol–water partition coefficient (Wildman–Crippen LogP) is 11.0. The number of para-hydroxylation sites is 2. The smallest absolute Gasteiger partial charge is 0.146 e. The van der Waals surface area contributed by atoms with Crippen molar-refractivity contribution in [2.24, 2.45) is 4.99 Å². The van der Waals surface area contributed by atoms with Gasteiger partial charge in [-0.15, -0.1) is 0 Å². The highest BCUT2D eigenvalue weighted by Gasteiger charge is 2.33. The molecule has 1 atom stereocenters. The zero-order valence-corrected chi connectivity index (χ0v) is 24.3. The molecule has 210 valence electrons. The van der Waals surface area contributed by atoms with Crippen LogP contribution in [0.4, 0.5) is 5.69 Å². The van der Waals surface area contributed by atoms with Gasteiger partial charge in [-0.1, -0.05) is 127 Å². The van der Waals surface area contributed by atoms with E-state index in [9.17, 15) is 0 Å². The minimum absolute atomic E-state index is 0.292. The van der Waals surface area contributed by atoms with Crippen LogP contribution in [-0.2, 0) is 0 Å². The van der Waals surface area contributed by atoms with Gasteiger partial charge in [0.1, 0.15) is 17.3 Å². The maximum absolute atomic E-state index is 6.64. The van der Waals surface area contributed by atoms with Crippen LogP contribution in [0.2, 0.25) is 0 Å². The molecule has 8 aromatic rings. The van der Waals surface area contributed by atoms with E-state index in [0.29, 0.717) is 0 Å². The summed E-state index contributed by atoms with van der Waals surface area (Å²) in [7, 11) is 0. The number of anilines is 1. The van der Waals surface area contributed by atoms with Gasteiger partial charge in [-0.2, -0.15) is 0 Å². The van der Waals surface area contributed by atoms with E-state index in [-0.39, 0.29) is 6.17 Å². The lowest BCUT2D eigenvalue weighted by Gasteiger charge is -2.28. The van der Waals surface area contributed by atoms with Crippen LogP contribution in [0.25, 0.3) is 66.1 Å². The fourth-order valence-corrected chi connectivity index (χ4v) is 7.42. The molecule has 0 saturated heterocycles. The fraction of sp³-hybridized carbons (Fsp3) is 0.0238. The van der Waals surface area contributed by atoms with Gasteiger partial charge in [-0.25, -0.2) is 0 Å². The minimum atomic E-state index is -0.292. The van der Waals surface area contributed by atoms with Gasteiger partial charge in [0.25, 0.3) is 0 Å². The summed E-state index contributed by atoms with van der Waals surface area (Å²) in [5, 5.41) is 8.58. The van der Waals surface area contributed by atoms with Crippen molar-refractivity contribution in [3.8, 4) is 33.4 Å². The lowest BCUT2D eigenvalue weighted by atomic mass is 9.91. The third-order valence-electron chi connectivity index (χ3n) is 9.44. The third-order valence-corrected chi connectivity index (χ3v) is 9.44. The van der Waals surface area contributed by atoms with E-state index in [2.05, 4.69) is 145 Å². The summed E-state index contributed by atoms with van der Waals surface area (Å²) in [4.78, 5) is 5.52. The molecule has 0 spiro atoms. The number of aliphatic imine (C=N–C) groups is 1. The molecule has 7 aromatic carbocycles. The second-order valence-corrected chi connectivity index (χ2v) is 11.9. The number of benzene rings is 7. The second-order valence-electron chi connectivity index (χ2n) is 11.9. The Bertz CT molecular complexity index is 2500. The number of fused-ring (bicyclic) bond motifs is 8. The molecule has 2 aliphatic rings. The first-order valence-electron chi connectivity index (χ1n) is 15.4. The molecule has 0 bridgehead atoms. The molecular formula is C42H26N2O. The topological polar surface area (TPSA) is 37.5 Å². The van der Waals surface area contributed by atoms with Crippen LogP contribution < -0.4 is 5.32 Å². The molecule has 1 unspecified atom stereocenters. The average molecular weight is 575 g/mol. The van der Waals surface area contributed by atoms with Crippen LogP contribution >= 0.6 is 0 Å². The lowest BCUT2D eigenvalue weighted by Crippen LogP contribution is -2.21. The van der Waals surface area contributed by atoms with Crippen LogP contribution in [0.3, 0.4) is 0 Å². The number of hydrogen-bond acceptors (Lipinski definition) is 3. The summed E-state index contributed by atoms with van der Waals surface area (Å²) >= 11 is 0. The molecule has 1 aliphatic heterocycles. The predicted molar refractivity (Wildman–Crippen MR) is 186 cm³/mol. The molecule has 0 amide bonds. The fourth-order valence-electron chi connectivity index (χ4n) is 7.42. The molecule has 1 aliphatic carbocycles. The van der Waals surface area contributed by atoms with Gasteiger partial charge < -0.3 is 9.73 Å². The summed E-state index contributed by atoms with van der Waals surface area (Å²) in [5.41, 5.74) is 14.5. The number of nitrogens with one attached hydrogen (secondary N) is 1. The van der Waals surface area contributed by atoms with Crippen molar-refractivity contribution in [1.82, 2.24) is 0 Å². The Morgan fingerprint density at radius 3 is 2.04 bits per heavy atom. The van der Waals surface area contributed by atoms with E-state index in [1.54, 1.807) is 0 Å². The molecular weight excluding hydrogens is 548 g/mol. The first kappa shape index (κ1) is 24.5. The van der Waals surface area contributed by atoms with Gasteiger partial charge in [0, 0.05) is 44.3 Å². The maximum Gasteiger partial charge on any atom is 0.146 e. The van der Waals surface area contributed by atoms with Gasteiger partial charge >= 0.3 is 0 Å². The van der Waals surface area contributed by atoms with Crippen LogP contribution in [0.15, 0.2) is 155 Å². The van der Waals surface area contributed by atoms with E-state index < -0.39 is 0 Å². The van der Waals surface area contributed by atoms with Gasteiger partial charge in [-0.05, 0) is 51.2 Å². The van der Waals surface area contributed by atoms with Gasteiger partial charge in [0.05, 0.1) is 5.71 Å². The molecule has 45 heavy (non-hydrogen) atoms. The van der Waals surface area contributed by atoms with Crippen molar-refractivity contribution in [1.29, 1.82) is 0 Å². The Morgan fingerprint density at radius 1 is 0.533 bits per heavy atom. The molecule has 0 saturated carbocycles. The minimum Gasteiger partial charge on any atom is -0.455 e. The number of furan rings is 1. The molecule has 3 heteroatoms. The van der Waals surface area contributed by atoms with Crippen molar-refractivity contribution in [2.45, 2.75) is 6.17 Å². The molecule has 3 nitrogen and oxygen atoms in total. The highest BCUT2D eigenvalue weighted by molar-refractivity contribution is 6.24. The maximum atomic E-state index is 6.64. The summed E-state index contributed by atoms with van der Waals surface area (Å²) in [5.74, 6) is 0. The summed E-state index contributed by atoms with van der Waals surface area (Å²) < 4.78 is 6.64. The monoisotopic (exact) mass is 574 g/mol. The SMILES string of the molecule is c1ccc(-c2ccc(C3=NC(c4cc5c(oc6ccccc65)c5c4-c4cccc6cccc-5c46)Nc4ccccc43)cc2)cc1. The normalized spacial score (nSPS) is 14.8. The van der Waals surface area contributed by atoms with E-state index in [4.69, 9.17) is 9.41 Å². The van der Waals surface area contributed by atoms with Crippen LogP contribution in [0.5, 0.6) is 0 Å². The average Bonchev–Trinajstić information content (AvgIpc) is 3.65. The Morgan fingerprint density at radius 2 is 1.20 bits per heavy atom. The zero-order chi connectivity index (χ0) is 29.5. The van der Waals surface area contributed by atoms with Crippen molar-refractivity contribution < 1.29 is 4.42 Å². The molecule has 0 radical (unpaired) electrons. The van der Waals surface area contributed by atoms with Crippen molar-refractivity contribution in [2.75, 3.05) is 5.32 Å². The molecule has 0 fully saturated rings. The summed E-state index contributed by atoms with van der Waals surface area (Å²) in [6.07, 6.45) is -0.292. The van der Waals surface area contributed by atoms with Gasteiger partial charge in [0.2, 0.25) is 0 Å². The Labute approximate surface area is 260 Å². The Kier molecular flexibility index (Phi) is 5.06. The van der Waals surface area contributed by atoms with E-state index >= 15 is 0 Å². The van der Waals surface area contributed by atoms with E-state index in [1.807, 2.05) is 6.07 Å². The van der Waals surface area contributed by atoms with Crippen molar-refractivity contribution in [3.05, 3.63) is 162 Å². The van der Waals surface area contributed by atoms with E-state index in [1.165, 1.54) is 38.6 Å². The molecule has 1 N–H and O–H groups in total. The summed E-state index contributed by atoms with van der Waals surface area (Å²) in [6.45, 7) is 0. The Balaban J connectivity index is 1.23. The quantitative estimate of drug-likeness (QED) is 0.228. The lowest BCUT2D eigenvalue weighted by molar-refractivity contribution is 0.670. The second kappa shape index (κ2) is 9.28. The summed E-state index contributed by atoms with van der Waals surface area (Å²) in [6, 6.07) is 51.7. The third kappa shape index (κ3) is 3.55. The van der Waals surface area contributed by atoms with Gasteiger partial charge in [-0.3, -0.25) is 4.99 Å². The number of nitrogens with zero attached hydrogens (tertiary/aromatic N) is 1. The number of hydrogen-bond donors (Lipinski definition) is 1.